The van der Waals surface area contributed by atoms with Crippen molar-refractivity contribution in [3.63, 3.8) is 0 Å². The molecule has 6 heteroatoms. The number of alkyl halides is 3. The molecule has 0 rings (SSSR count). The molecule has 0 heterocycles. The molecule has 0 fully saturated rings. The molecular formula is C2H3Cl3NaO2. The van der Waals surface area contributed by atoms with E-state index in [2.05, 4.69) is 0 Å². The van der Waals surface area contributed by atoms with E-state index < -0.39 is 3.79 Å². The fourth-order valence-electron chi connectivity index (χ4n) is 0. The van der Waals surface area contributed by atoms with Crippen LogP contribution in [0.1, 0.15) is 0 Å². The predicted octanol–water partition coefficient (Wildman–Crippen LogP) is 0.350. The first-order chi connectivity index (χ1) is 2.56. The predicted molar refractivity (Wildman–Crippen MR) is 35.7 cm³/mol. The van der Waals surface area contributed by atoms with Crippen LogP contribution in [0.3, 0.4) is 0 Å². The molecule has 0 atom stereocenters. The fraction of sp³-hybridized carbons (Fsp3) is 0.500. The molecule has 0 aromatic rings. The van der Waals surface area contributed by atoms with E-state index in [1.54, 1.807) is 0 Å². The van der Waals surface area contributed by atoms with Gasteiger partial charge < -0.3 is 5.48 Å². The third-order valence-corrected chi connectivity index (χ3v) is 0.401. The second-order valence-corrected chi connectivity index (χ2v) is 3.03. The Kier molecular flexibility index (Phi) is 13.4. The summed E-state index contributed by atoms with van der Waals surface area (Å²) in [6.07, 6.45) is 0.234. The van der Waals surface area contributed by atoms with Crippen LogP contribution < -0.4 is 0 Å². The van der Waals surface area contributed by atoms with Crippen molar-refractivity contribution < 1.29 is 10.3 Å². The second-order valence-electron chi connectivity index (χ2n) is 0.659. The first kappa shape index (κ1) is 16.2. The van der Waals surface area contributed by atoms with Gasteiger partial charge in [-0.1, -0.05) is 34.8 Å². The van der Waals surface area contributed by atoms with Crippen molar-refractivity contribution in [3.8, 4) is 0 Å². The van der Waals surface area contributed by atoms with E-state index in [0.717, 1.165) is 0 Å². The van der Waals surface area contributed by atoms with Gasteiger partial charge in [-0.3, -0.25) is 4.79 Å². The molecule has 0 aliphatic rings. The van der Waals surface area contributed by atoms with Gasteiger partial charge in [0.05, 0.1) is 0 Å². The minimum atomic E-state index is -1.72. The summed E-state index contributed by atoms with van der Waals surface area (Å²) in [5.41, 5.74) is 0. The van der Waals surface area contributed by atoms with Gasteiger partial charge in [0.25, 0.3) is 0 Å². The zero-order valence-electron chi connectivity index (χ0n) is 4.12. The number of hydrogen-bond acceptors (Lipinski definition) is 1. The summed E-state index contributed by atoms with van der Waals surface area (Å²) < 4.78 is -1.72. The van der Waals surface area contributed by atoms with Crippen LogP contribution in [0.4, 0.5) is 0 Å². The summed E-state index contributed by atoms with van der Waals surface area (Å²) in [4.78, 5) is 9.43. The first-order valence-electron chi connectivity index (χ1n) is 1.09. The Hall–Kier alpha value is 1.50. The minimum absolute atomic E-state index is 0. The van der Waals surface area contributed by atoms with Crippen molar-refractivity contribution in [2.24, 2.45) is 0 Å². The van der Waals surface area contributed by atoms with E-state index in [-0.39, 0.29) is 41.3 Å². The summed E-state index contributed by atoms with van der Waals surface area (Å²) in [6, 6.07) is 0. The van der Waals surface area contributed by atoms with Crippen LogP contribution in [-0.2, 0) is 4.79 Å². The molecular weight excluding hydrogens is 185 g/mol. The molecule has 8 heavy (non-hydrogen) atoms. The molecule has 0 bridgehead atoms. The molecule has 0 saturated carbocycles. The Balaban J connectivity index is -0.000000125. The van der Waals surface area contributed by atoms with Crippen molar-refractivity contribution >= 4 is 70.6 Å². The van der Waals surface area contributed by atoms with E-state index in [0.29, 0.717) is 0 Å². The minimum Gasteiger partial charge on any atom is -0.412 e. The Morgan fingerprint density at radius 3 is 1.38 bits per heavy atom. The summed E-state index contributed by atoms with van der Waals surface area (Å²) in [5.74, 6) is 0. The maximum absolute atomic E-state index is 9.43. The van der Waals surface area contributed by atoms with Crippen LogP contribution in [0.25, 0.3) is 0 Å². The number of carbonyl (C=O) groups excluding carboxylic acids is 1. The van der Waals surface area contributed by atoms with Gasteiger partial charge in [-0.2, -0.15) is 0 Å². The summed E-state index contributed by atoms with van der Waals surface area (Å²) in [5, 5.41) is 0. The SMILES string of the molecule is O.O=CC(Cl)(Cl)Cl.[Na]. The molecule has 0 aliphatic carbocycles. The van der Waals surface area contributed by atoms with E-state index >= 15 is 0 Å². The van der Waals surface area contributed by atoms with Gasteiger partial charge in [0.1, 0.15) is 0 Å². The molecule has 0 spiro atoms. The van der Waals surface area contributed by atoms with Crippen LogP contribution in [-0.4, -0.2) is 45.1 Å². The third-order valence-electron chi connectivity index (χ3n) is 0.134. The van der Waals surface area contributed by atoms with Crippen molar-refractivity contribution in [1.82, 2.24) is 0 Å². The van der Waals surface area contributed by atoms with Crippen molar-refractivity contribution in [2.45, 2.75) is 3.79 Å². The van der Waals surface area contributed by atoms with E-state index in [1.807, 2.05) is 0 Å². The topological polar surface area (TPSA) is 48.6 Å². The Morgan fingerprint density at radius 2 is 1.38 bits per heavy atom. The molecule has 1 radical (unpaired) electrons. The Morgan fingerprint density at radius 1 is 1.25 bits per heavy atom. The number of hydrogen-bond donors (Lipinski definition) is 0. The summed E-state index contributed by atoms with van der Waals surface area (Å²) in [7, 11) is 0. The third kappa shape index (κ3) is 15.6. The van der Waals surface area contributed by atoms with Gasteiger partial charge >= 0.3 is 0 Å². The quantitative estimate of drug-likeness (QED) is 0.307. The van der Waals surface area contributed by atoms with Crippen molar-refractivity contribution in [2.75, 3.05) is 0 Å². The van der Waals surface area contributed by atoms with Crippen LogP contribution in [0, 0.1) is 0 Å². The maximum Gasteiger partial charge on any atom is 0.245 e. The molecule has 2 nitrogen and oxygen atoms in total. The van der Waals surface area contributed by atoms with Gasteiger partial charge in [0, 0.05) is 29.6 Å². The van der Waals surface area contributed by atoms with Crippen LogP contribution >= 0.6 is 34.8 Å². The van der Waals surface area contributed by atoms with Crippen molar-refractivity contribution in [1.29, 1.82) is 0 Å². The first-order valence-corrected chi connectivity index (χ1v) is 2.23. The second kappa shape index (κ2) is 6.62. The van der Waals surface area contributed by atoms with Crippen molar-refractivity contribution in [3.05, 3.63) is 0 Å². The van der Waals surface area contributed by atoms with Crippen LogP contribution in [0.15, 0.2) is 0 Å². The van der Waals surface area contributed by atoms with Gasteiger partial charge in [-0.05, 0) is 0 Å². The number of aldehydes is 1. The van der Waals surface area contributed by atoms with Gasteiger partial charge in [-0.25, -0.2) is 0 Å². The van der Waals surface area contributed by atoms with E-state index in [4.69, 9.17) is 34.8 Å². The molecule has 2 N–H and O–H groups in total. The zero-order valence-corrected chi connectivity index (χ0v) is 8.39. The Labute approximate surface area is 84.1 Å². The molecule has 0 aromatic heterocycles. The molecule has 0 aromatic carbocycles. The number of carbonyl (C=O) groups is 1. The smallest absolute Gasteiger partial charge is 0.245 e. The Bertz CT molecular complexity index is 60.8. The monoisotopic (exact) mass is 187 g/mol. The normalized spacial score (nSPS) is 8.38. The average molecular weight is 188 g/mol. The van der Waals surface area contributed by atoms with E-state index in [1.165, 1.54) is 0 Å². The molecule has 45 valence electrons. The molecule has 0 unspecified atom stereocenters. The number of halogens is 3. The molecule has 0 aliphatic heterocycles. The summed E-state index contributed by atoms with van der Waals surface area (Å²) in [6.45, 7) is 0. The van der Waals surface area contributed by atoms with E-state index in [9.17, 15) is 4.79 Å². The molecule has 0 amide bonds. The molecule has 0 saturated heterocycles. The summed E-state index contributed by atoms with van der Waals surface area (Å²) >= 11 is 14.6. The largest absolute Gasteiger partial charge is 0.412 e. The van der Waals surface area contributed by atoms with Crippen LogP contribution in [0.2, 0.25) is 0 Å². The van der Waals surface area contributed by atoms with Gasteiger partial charge in [0.2, 0.25) is 3.79 Å². The zero-order chi connectivity index (χ0) is 5.21. The van der Waals surface area contributed by atoms with Crippen LogP contribution in [0.5, 0.6) is 0 Å². The average Bonchev–Trinajstić information content (AvgIpc) is 1.35. The fourth-order valence-corrected chi connectivity index (χ4v) is 0. The number of rotatable bonds is 0. The standard InChI is InChI=1S/C2HCl3O.Na.H2O/c3-2(4,5)1-6;;/h1H;;1H2. The van der Waals surface area contributed by atoms with Gasteiger partial charge in [-0.15, -0.1) is 0 Å². The maximum atomic E-state index is 9.43. The van der Waals surface area contributed by atoms with Gasteiger partial charge in [0.15, 0.2) is 6.29 Å².